The minimum absolute atomic E-state index is 0.0105. The van der Waals surface area contributed by atoms with Gasteiger partial charge in [-0.1, -0.05) is 18.2 Å². The molecule has 0 N–H and O–H groups in total. The van der Waals surface area contributed by atoms with Crippen molar-refractivity contribution in [2.45, 2.75) is 11.8 Å². The summed E-state index contributed by atoms with van der Waals surface area (Å²) in [5.41, 5.74) is 0.347. The fourth-order valence-corrected chi connectivity index (χ4v) is 3.37. The Morgan fingerprint density at radius 3 is 2.45 bits per heavy atom. The molecule has 0 saturated carbocycles. The Labute approximate surface area is 137 Å². The van der Waals surface area contributed by atoms with Crippen LogP contribution < -0.4 is 8.92 Å². The van der Waals surface area contributed by atoms with Crippen molar-refractivity contribution in [3.05, 3.63) is 52.5 Å². The maximum atomic E-state index is 12.3. The van der Waals surface area contributed by atoms with E-state index in [9.17, 15) is 13.2 Å². The number of ether oxygens (including phenoxy) is 1. The largest absolute Gasteiger partial charge is 0.490 e. The summed E-state index contributed by atoms with van der Waals surface area (Å²) in [4.78, 5) is 10.9. The van der Waals surface area contributed by atoms with E-state index in [2.05, 4.69) is 15.9 Å². The van der Waals surface area contributed by atoms with E-state index in [-0.39, 0.29) is 16.4 Å². The molecule has 2 aromatic carbocycles. The molecular formula is C15H13BrO5S. The number of carbonyl (C=O) groups is 1. The van der Waals surface area contributed by atoms with Gasteiger partial charge in [0.15, 0.2) is 11.5 Å². The Hall–Kier alpha value is -1.86. The smallest absolute Gasteiger partial charge is 0.339 e. The molecule has 0 aliphatic carbocycles. The topological polar surface area (TPSA) is 69.7 Å². The van der Waals surface area contributed by atoms with Crippen LogP contribution in [0.15, 0.2) is 51.8 Å². The highest BCUT2D eigenvalue weighted by Crippen LogP contribution is 2.38. The van der Waals surface area contributed by atoms with Gasteiger partial charge in [-0.2, -0.15) is 8.42 Å². The van der Waals surface area contributed by atoms with Gasteiger partial charge >= 0.3 is 10.1 Å². The van der Waals surface area contributed by atoms with Crippen LogP contribution >= 0.6 is 15.9 Å². The van der Waals surface area contributed by atoms with Crippen LogP contribution in [0.1, 0.15) is 17.3 Å². The van der Waals surface area contributed by atoms with Gasteiger partial charge in [0.05, 0.1) is 11.1 Å². The van der Waals surface area contributed by atoms with E-state index in [4.69, 9.17) is 8.92 Å². The third-order valence-corrected chi connectivity index (χ3v) is 4.52. The highest BCUT2D eigenvalue weighted by atomic mass is 79.9. The van der Waals surface area contributed by atoms with Gasteiger partial charge in [0.1, 0.15) is 11.2 Å². The summed E-state index contributed by atoms with van der Waals surface area (Å²) in [7, 11) is -3.99. The maximum Gasteiger partial charge on any atom is 0.339 e. The first-order valence-electron chi connectivity index (χ1n) is 6.39. The minimum Gasteiger partial charge on any atom is -0.490 e. The predicted octanol–water partition coefficient (Wildman–Crippen LogP) is 3.43. The summed E-state index contributed by atoms with van der Waals surface area (Å²) < 4.78 is 35.5. The maximum absolute atomic E-state index is 12.3. The number of benzene rings is 2. The molecule has 0 spiro atoms. The third-order valence-electron chi connectivity index (χ3n) is 2.69. The van der Waals surface area contributed by atoms with Gasteiger partial charge in [-0.3, -0.25) is 4.79 Å². The molecule has 22 heavy (non-hydrogen) atoms. The summed E-state index contributed by atoms with van der Waals surface area (Å²) in [5, 5.41) is 0. The van der Waals surface area contributed by atoms with Crippen molar-refractivity contribution < 1.29 is 22.1 Å². The fourth-order valence-electron chi connectivity index (χ4n) is 1.74. The molecule has 0 saturated heterocycles. The van der Waals surface area contributed by atoms with Gasteiger partial charge in [0.25, 0.3) is 0 Å². The van der Waals surface area contributed by atoms with E-state index in [0.717, 1.165) is 0 Å². The molecule has 0 aliphatic rings. The molecular weight excluding hydrogens is 372 g/mol. The van der Waals surface area contributed by atoms with Crippen LogP contribution in [0.5, 0.6) is 11.5 Å². The first kappa shape index (κ1) is 16.5. The molecule has 0 unspecified atom stereocenters. The van der Waals surface area contributed by atoms with E-state index < -0.39 is 10.1 Å². The van der Waals surface area contributed by atoms with Crippen LogP contribution in [0.25, 0.3) is 0 Å². The number of hydrogen-bond donors (Lipinski definition) is 0. The van der Waals surface area contributed by atoms with Crippen LogP contribution in [0, 0.1) is 0 Å². The summed E-state index contributed by atoms with van der Waals surface area (Å²) in [6.45, 7) is 2.05. The van der Waals surface area contributed by atoms with Crippen molar-refractivity contribution in [3.8, 4) is 11.5 Å². The van der Waals surface area contributed by atoms with E-state index >= 15 is 0 Å². The molecule has 0 atom stereocenters. The molecule has 0 fully saturated rings. The van der Waals surface area contributed by atoms with Gasteiger partial charge in [-0.15, -0.1) is 0 Å². The van der Waals surface area contributed by atoms with Gasteiger partial charge in [0, 0.05) is 5.56 Å². The Morgan fingerprint density at radius 2 is 1.86 bits per heavy atom. The number of rotatable bonds is 6. The zero-order valence-corrected chi connectivity index (χ0v) is 14.1. The predicted molar refractivity (Wildman–Crippen MR) is 85.0 cm³/mol. The van der Waals surface area contributed by atoms with Crippen LogP contribution in [0.3, 0.4) is 0 Å². The number of carbonyl (C=O) groups excluding carboxylic acids is 1. The highest BCUT2D eigenvalue weighted by Gasteiger charge is 2.21. The molecule has 2 aromatic rings. The molecule has 0 amide bonds. The molecule has 0 aliphatic heterocycles. The lowest BCUT2D eigenvalue weighted by Crippen LogP contribution is -2.11. The second-order valence-electron chi connectivity index (χ2n) is 4.23. The summed E-state index contributed by atoms with van der Waals surface area (Å²) >= 11 is 3.21. The minimum atomic E-state index is -3.99. The van der Waals surface area contributed by atoms with Crippen LogP contribution in [0.4, 0.5) is 0 Å². The first-order chi connectivity index (χ1) is 10.5. The average molecular weight is 385 g/mol. The van der Waals surface area contributed by atoms with E-state index in [1.165, 1.54) is 24.3 Å². The molecule has 7 heteroatoms. The van der Waals surface area contributed by atoms with Crippen molar-refractivity contribution in [3.63, 3.8) is 0 Å². The van der Waals surface area contributed by atoms with Crippen molar-refractivity contribution in [2.75, 3.05) is 6.61 Å². The van der Waals surface area contributed by atoms with E-state index in [1.807, 2.05) is 0 Å². The third kappa shape index (κ3) is 3.66. The zero-order valence-electron chi connectivity index (χ0n) is 11.7. The molecule has 0 heterocycles. The Morgan fingerprint density at radius 1 is 1.18 bits per heavy atom. The Bertz CT molecular complexity index is 772. The standard InChI is InChI=1S/C15H13BrO5S/c1-2-20-14-9-11(10-17)8-13(16)15(14)21-22(18,19)12-6-4-3-5-7-12/h3-10H,2H2,1H3. The summed E-state index contributed by atoms with van der Waals surface area (Å²) in [6, 6.07) is 10.7. The molecule has 0 bridgehead atoms. The van der Waals surface area contributed by atoms with Gasteiger partial charge in [-0.05, 0) is 47.1 Å². The second-order valence-corrected chi connectivity index (χ2v) is 6.63. The van der Waals surface area contributed by atoms with Crippen LogP contribution in [-0.4, -0.2) is 21.3 Å². The Balaban J connectivity index is 2.46. The van der Waals surface area contributed by atoms with Gasteiger partial charge in [-0.25, -0.2) is 0 Å². The SMILES string of the molecule is CCOc1cc(C=O)cc(Br)c1OS(=O)(=O)c1ccccc1. The Kier molecular flexibility index (Phi) is 5.20. The van der Waals surface area contributed by atoms with Gasteiger partial charge < -0.3 is 8.92 Å². The monoisotopic (exact) mass is 384 g/mol. The van der Waals surface area contributed by atoms with Crippen molar-refractivity contribution >= 4 is 32.3 Å². The summed E-state index contributed by atoms with van der Waals surface area (Å²) in [5.74, 6) is 0.190. The molecule has 5 nitrogen and oxygen atoms in total. The quantitative estimate of drug-likeness (QED) is 0.563. The van der Waals surface area contributed by atoms with E-state index in [1.54, 1.807) is 25.1 Å². The number of halogens is 1. The van der Waals surface area contributed by atoms with Crippen LogP contribution in [-0.2, 0) is 10.1 Å². The normalized spacial score (nSPS) is 11.0. The van der Waals surface area contributed by atoms with Crippen molar-refractivity contribution in [1.82, 2.24) is 0 Å². The zero-order chi connectivity index (χ0) is 16.2. The summed E-state index contributed by atoms with van der Waals surface area (Å²) in [6.07, 6.45) is 0.642. The van der Waals surface area contributed by atoms with E-state index in [0.29, 0.717) is 22.9 Å². The van der Waals surface area contributed by atoms with Gasteiger partial charge in [0.2, 0.25) is 0 Å². The molecule has 2 rings (SSSR count). The number of aldehydes is 1. The molecule has 116 valence electrons. The lowest BCUT2D eigenvalue weighted by molar-refractivity contribution is 0.112. The van der Waals surface area contributed by atoms with Crippen LogP contribution in [0.2, 0.25) is 0 Å². The van der Waals surface area contributed by atoms with Crippen molar-refractivity contribution in [2.24, 2.45) is 0 Å². The second kappa shape index (κ2) is 6.93. The molecule has 0 aromatic heterocycles. The average Bonchev–Trinajstić information content (AvgIpc) is 2.51. The molecule has 0 radical (unpaired) electrons. The number of hydrogen-bond acceptors (Lipinski definition) is 5. The lowest BCUT2D eigenvalue weighted by atomic mass is 10.2. The first-order valence-corrected chi connectivity index (χ1v) is 8.59. The fraction of sp³-hybridized carbons (Fsp3) is 0.133. The highest BCUT2D eigenvalue weighted by molar-refractivity contribution is 9.10. The van der Waals surface area contributed by atoms with Crippen molar-refractivity contribution in [1.29, 1.82) is 0 Å². The lowest BCUT2D eigenvalue weighted by Gasteiger charge is -2.14.